The maximum Gasteiger partial charge on any atom is 0.339 e. The summed E-state index contributed by atoms with van der Waals surface area (Å²) in [6, 6.07) is 10.4. The number of anilines is 1. The molecule has 0 heterocycles. The van der Waals surface area contributed by atoms with Crippen LogP contribution >= 0.6 is 0 Å². The van der Waals surface area contributed by atoms with Gasteiger partial charge in [0.25, 0.3) is 11.8 Å². The molecule has 0 aliphatic carbocycles. The lowest BCUT2D eigenvalue weighted by Crippen LogP contribution is -2.43. The molecule has 0 fully saturated rings. The Balaban J connectivity index is 1.99. The highest BCUT2D eigenvalue weighted by molar-refractivity contribution is 5.98. The molecule has 0 spiro atoms. The van der Waals surface area contributed by atoms with Gasteiger partial charge in [-0.05, 0) is 37.3 Å². The highest BCUT2D eigenvalue weighted by Crippen LogP contribution is 2.29. The van der Waals surface area contributed by atoms with Crippen molar-refractivity contribution in [2.45, 2.75) is 13.0 Å². The van der Waals surface area contributed by atoms with Crippen molar-refractivity contribution in [1.82, 2.24) is 10.6 Å². The van der Waals surface area contributed by atoms with E-state index in [1.165, 1.54) is 46.4 Å². The highest BCUT2D eigenvalue weighted by Gasteiger charge is 2.21. The Morgan fingerprint density at radius 1 is 0.939 bits per heavy atom. The number of rotatable bonds is 9. The molecule has 33 heavy (non-hydrogen) atoms. The molecule has 0 radical (unpaired) electrons. The highest BCUT2D eigenvalue weighted by atomic mass is 16.5. The Kier molecular flexibility index (Phi) is 9.04. The van der Waals surface area contributed by atoms with E-state index in [2.05, 4.69) is 10.6 Å². The van der Waals surface area contributed by atoms with Crippen molar-refractivity contribution < 1.29 is 38.1 Å². The monoisotopic (exact) mass is 459 g/mol. The van der Waals surface area contributed by atoms with E-state index >= 15 is 0 Å². The van der Waals surface area contributed by atoms with Gasteiger partial charge in [-0.25, -0.2) is 9.59 Å². The number of imide groups is 1. The number of carbonyl (C=O) groups is 4. The molecule has 3 N–H and O–H groups in total. The van der Waals surface area contributed by atoms with Crippen LogP contribution in [0.15, 0.2) is 42.5 Å². The van der Waals surface area contributed by atoms with E-state index in [1.54, 1.807) is 24.3 Å². The molecule has 0 saturated heterocycles. The lowest BCUT2D eigenvalue weighted by molar-refractivity contribution is -0.127. The predicted molar refractivity (Wildman–Crippen MR) is 118 cm³/mol. The summed E-state index contributed by atoms with van der Waals surface area (Å²) >= 11 is 0. The molecule has 0 aliphatic heterocycles. The number of urea groups is 1. The standard InChI is InChI=1S/C22H25N3O8/c1-13(20(27)25-22(29)23-2)33-21(28)14-9-10-17(18(11-14)31-4)32-12-19(26)24-15-7-5-6-8-16(15)30-3/h5-11,13H,12H2,1-4H3,(H,24,26)(H2,23,25,27,29). The zero-order chi connectivity index (χ0) is 24.4. The van der Waals surface area contributed by atoms with Crippen molar-refractivity contribution >= 4 is 29.5 Å². The summed E-state index contributed by atoms with van der Waals surface area (Å²) in [6.45, 7) is 1.00. The van der Waals surface area contributed by atoms with Crippen LogP contribution in [0.4, 0.5) is 10.5 Å². The van der Waals surface area contributed by atoms with Crippen molar-refractivity contribution in [3.05, 3.63) is 48.0 Å². The van der Waals surface area contributed by atoms with Crippen LogP contribution < -0.4 is 30.2 Å². The van der Waals surface area contributed by atoms with Gasteiger partial charge in [-0.2, -0.15) is 0 Å². The van der Waals surface area contributed by atoms with Crippen molar-refractivity contribution in [1.29, 1.82) is 0 Å². The summed E-state index contributed by atoms with van der Waals surface area (Å²) < 4.78 is 21.0. The van der Waals surface area contributed by atoms with E-state index in [0.29, 0.717) is 11.4 Å². The minimum absolute atomic E-state index is 0.0808. The minimum Gasteiger partial charge on any atom is -0.495 e. The summed E-state index contributed by atoms with van der Waals surface area (Å²) in [5.41, 5.74) is 0.575. The minimum atomic E-state index is -1.21. The van der Waals surface area contributed by atoms with Gasteiger partial charge in [0.05, 0.1) is 25.5 Å². The quantitative estimate of drug-likeness (QED) is 0.482. The second kappa shape index (κ2) is 11.9. The van der Waals surface area contributed by atoms with Gasteiger partial charge in [-0.1, -0.05) is 12.1 Å². The maximum atomic E-state index is 12.3. The van der Waals surface area contributed by atoms with E-state index in [0.717, 1.165) is 0 Å². The SMILES string of the molecule is CNC(=O)NC(=O)C(C)OC(=O)c1ccc(OCC(=O)Nc2ccccc2OC)c(OC)c1. The van der Waals surface area contributed by atoms with Crippen LogP contribution in [0, 0.1) is 0 Å². The van der Waals surface area contributed by atoms with Crippen molar-refractivity contribution in [3.8, 4) is 17.2 Å². The number of methoxy groups -OCH3 is 2. The zero-order valence-corrected chi connectivity index (χ0v) is 18.6. The number of hydrogen-bond acceptors (Lipinski definition) is 8. The third-order valence-electron chi connectivity index (χ3n) is 4.26. The largest absolute Gasteiger partial charge is 0.495 e. The summed E-state index contributed by atoms with van der Waals surface area (Å²) in [4.78, 5) is 47.6. The van der Waals surface area contributed by atoms with Gasteiger partial charge in [0.2, 0.25) is 0 Å². The Morgan fingerprint density at radius 2 is 1.64 bits per heavy atom. The van der Waals surface area contributed by atoms with Crippen LogP contribution in [-0.4, -0.2) is 57.8 Å². The molecule has 0 bridgehead atoms. The second-order valence-corrected chi connectivity index (χ2v) is 6.52. The zero-order valence-electron chi connectivity index (χ0n) is 18.6. The Labute approximate surface area is 190 Å². The molecule has 0 saturated carbocycles. The van der Waals surface area contributed by atoms with E-state index in [4.69, 9.17) is 18.9 Å². The number of hydrogen-bond donors (Lipinski definition) is 3. The van der Waals surface area contributed by atoms with Gasteiger partial charge in [-0.15, -0.1) is 0 Å². The van der Waals surface area contributed by atoms with E-state index < -0.39 is 29.9 Å². The first-order chi connectivity index (χ1) is 15.8. The maximum absolute atomic E-state index is 12.3. The lowest BCUT2D eigenvalue weighted by Gasteiger charge is -2.15. The Hall–Kier alpha value is -4.28. The van der Waals surface area contributed by atoms with Crippen LogP contribution in [0.25, 0.3) is 0 Å². The molecular formula is C22H25N3O8. The molecule has 11 nitrogen and oxygen atoms in total. The molecule has 1 atom stereocenters. The smallest absolute Gasteiger partial charge is 0.339 e. The molecule has 2 rings (SSSR count). The molecule has 1 unspecified atom stereocenters. The lowest BCUT2D eigenvalue weighted by atomic mass is 10.2. The van der Waals surface area contributed by atoms with Crippen LogP contribution in [0.3, 0.4) is 0 Å². The fourth-order valence-electron chi connectivity index (χ4n) is 2.55. The predicted octanol–water partition coefficient (Wildman–Crippen LogP) is 1.72. The first-order valence-electron chi connectivity index (χ1n) is 9.76. The molecule has 4 amide bonds. The summed E-state index contributed by atoms with van der Waals surface area (Å²) in [6.07, 6.45) is -1.21. The average molecular weight is 459 g/mol. The van der Waals surface area contributed by atoms with E-state index in [9.17, 15) is 19.2 Å². The van der Waals surface area contributed by atoms with Gasteiger partial charge >= 0.3 is 12.0 Å². The average Bonchev–Trinajstić information content (AvgIpc) is 2.82. The molecule has 0 aliphatic rings. The summed E-state index contributed by atoms with van der Waals surface area (Å²) in [7, 11) is 4.21. The topological polar surface area (TPSA) is 141 Å². The van der Waals surface area contributed by atoms with Gasteiger partial charge in [0.15, 0.2) is 24.2 Å². The number of amides is 4. The number of nitrogens with one attached hydrogen (secondary N) is 3. The number of para-hydroxylation sites is 2. The molecule has 0 aromatic heterocycles. The van der Waals surface area contributed by atoms with Crippen molar-refractivity contribution in [3.63, 3.8) is 0 Å². The van der Waals surface area contributed by atoms with Gasteiger partial charge in [-0.3, -0.25) is 14.9 Å². The molecular weight excluding hydrogens is 434 g/mol. The second-order valence-electron chi connectivity index (χ2n) is 6.52. The fourth-order valence-corrected chi connectivity index (χ4v) is 2.55. The fraction of sp³-hybridized carbons (Fsp3) is 0.273. The Bertz CT molecular complexity index is 1020. The summed E-state index contributed by atoms with van der Waals surface area (Å²) in [5.74, 6) is -1.12. The Morgan fingerprint density at radius 3 is 2.30 bits per heavy atom. The van der Waals surface area contributed by atoms with Crippen LogP contribution in [-0.2, 0) is 14.3 Å². The first-order valence-corrected chi connectivity index (χ1v) is 9.76. The van der Waals surface area contributed by atoms with Gasteiger partial charge in [0.1, 0.15) is 5.75 Å². The number of carbonyl (C=O) groups excluding carboxylic acids is 4. The first kappa shape index (κ1) is 25.0. The number of esters is 1. The molecule has 11 heteroatoms. The van der Waals surface area contributed by atoms with Crippen LogP contribution in [0.5, 0.6) is 17.2 Å². The van der Waals surface area contributed by atoms with Crippen molar-refractivity contribution in [2.75, 3.05) is 33.2 Å². The van der Waals surface area contributed by atoms with Crippen LogP contribution in [0.1, 0.15) is 17.3 Å². The summed E-state index contributed by atoms with van der Waals surface area (Å²) in [5, 5.41) is 6.91. The van der Waals surface area contributed by atoms with Crippen molar-refractivity contribution in [2.24, 2.45) is 0 Å². The van der Waals surface area contributed by atoms with Gasteiger partial charge < -0.3 is 29.6 Å². The molecule has 2 aromatic rings. The molecule has 2 aromatic carbocycles. The van der Waals surface area contributed by atoms with E-state index in [-0.39, 0.29) is 23.7 Å². The van der Waals surface area contributed by atoms with Gasteiger partial charge in [0, 0.05) is 7.05 Å². The van der Waals surface area contributed by atoms with E-state index in [1.807, 2.05) is 5.32 Å². The molecule has 176 valence electrons. The normalized spacial score (nSPS) is 10.9. The number of ether oxygens (including phenoxy) is 4. The third-order valence-corrected chi connectivity index (χ3v) is 4.26. The number of benzene rings is 2. The van der Waals surface area contributed by atoms with Crippen LogP contribution in [0.2, 0.25) is 0 Å². The third kappa shape index (κ3) is 7.13.